The molecule has 3 rings (SSSR count). The second-order valence-corrected chi connectivity index (χ2v) is 6.66. The SMILES string of the molecule is Fc1ccc2c([I-]c3ccccc3)c[nH]c2c1. The predicted octanol–water partition coefficient (Wildman–Crippen LogP) is 0.435. The Morgan fingerprint density at radius 2 is 1.82 bits per heavy atom. The first-order valence-corrected chi connectivity index (χ1v) is 7.45. The topological polar surface area (TPSA) is 15.8 Å². The Kier molecular flexibility index (Phi) is 2.84. The Labute approximate surface area is 109 Å². The van der Waals surface area contributed by atoms with Crippen LogP contribution in [0, 0.1) is 13.0 Å². The minimum absolute atomic E-state index is 0.191. The summed E-state index contributed by atoms with van der Waals surface area (Å²) in [6.07, 6.45) is 2.00. The van der Waals surface area contributed by atoms with Crippen molar-refractivity contribution in [3.05, 3.63) is 67.7 Å². The van der Waals surface area contributed by atoms with Crippen LogP contribution in [-0.2, 0) is 0 Å². The van der Waals surface area contributed by atoms with Gasteiger partial charge in [-0.05, 0) is 0 Å². The van der Waals surface area contributed by atoms with E-state index in [4.69, 9.17) is 0 Å². The molecule has 1 nitrogen and oxygen atoms in total. The van der Waals surface area contributed by atoms with Gasteiger partial charge in [-0.15, -0.1) is 0 Å². The van der Waals surface area contributed by atoms with Crippen molar-refractivity contribution in [2.75, 3.05) is 0 Å². The summed E-state index contributed by atoms with van der Waals surface area (Å²) in [4.78, 5) is 3.14. The number of benzene rings is 2. The number of aromatic amines is 1. The Morgan fingerprint density at radius 3 is 2.65 bits per heavy atom. The maximum atomic E-state index is 13.1. The van der Waals surface area contributed by atoms with Crippen LogP contribution in [0.4, 0.5) is 4.39 Å². The van der Waals surface area contributed by atoms with E-state index < -0.39 is 0 Å². The number of rotatable bonds is 2. The fraction of sp³-hybridized carbons (Fsp3) is 0. The molecule has 0 aliphatic heterocycles. The van der Waals surface area contributed by atoms with E-state index in [0.29, 0.717) is 0 Å². The van der Waals surface area contributed by atoms with Crippen molar-refractivity contribution in [2.24, 2.45) is 0 Å². The normalized spacial score (nSPS) is 11.1. The van der Waals surface area contributed by atoms with Gasteiger partial charge in [-0.3, -0.25) is 0 Å². The Balaban J connectivity index is 2.01. The van der Waals surface area contributed by atoms with Crippen molar-refractivity contribution < 1.29 is 25.6 Å². The standard InChI is InChI=1S/C14H10FIN/c15-10-6-7-12-13(9-17-14(12)8-10)16-11-4-2-1-3-5-11/h1-9,17H/q-1. The van der Waals surface area contributed by atoms with Crippen molar-refractivity contribution in [1.82, 2.24) is 4.98 Å². The third-order valence-corrected chi connectivity index (χ3v) is 5.35. The van der Waals surface area contributed by atoms with E-state index in [1.165, 1.54) is 13.2 Å². The summed E-state index contributed by atoms with van der Waals surface area (Å²) >= 11 is -0.200. The fourth-order valence-corrected chi connectivity index (χ4v) is 4.25. The van der Waals surface area contributed by atoms with Crippen molar-refractivity contribution >= 4 is 10.9 Å². The van der Waals surface area contributed by atoms with Crippen LogP contribution in [0.25, 0.3) is 10.9 Å². The van der Waals surface area contributed by atoms with Crippen LogP contribution in [-0.4, -0.2) is 4.98 Å². The third kappa shape index (κ3) is 2.20. The van der Waals surface area contributed by atoms with E-state index in [1.807, 2.05) is 18.3 Å². The van der Waals surface area contributed by atoms with Crippen molar-refractivity contribution in [1.29, 1.82) is 0 Å². The molecule has 0 spiro atoms. The second-order valence-electron chi connectivity index (χ2n) is 3.72. The fourth-order valence-electron chi connectivity index (χ4n) is 1.74. The molecule has 0 amide bonds. The molecular weight excluding hydrogens is 328 g/mol. The molecule has 3 aromatic rings. The van der Waals surface area contributed by atoms with Gasteiger partial charge in [-0.2, -0.15) is 0 Å². The van der Waals surface area contributed by atoms with Gasteiger partial charge < -0.3 is 0 Å². The molecule has 1 aromatic heterocycles. The van der Waals surface area contributed by atoms with Crippen LogP contribution in [0.3, 0.4) is 0 Å². The Morgan fingerprint density at radius 1 is 1.00 bits per heavy atom. The zero-order valence-corrected chi connectivity index (χ0v) is 11.1. The first-order chi connectivity index (χ1) is 8.33. The molecule has 0 fully saturated rings. The average Bonchev–Trinajstić information content (AvgIpc) is 2.73. The van der Waals surface area contributed by atoms with Crippen LogP contribution in [0.5, 0.6) is 0 Å². The average molecular weight is 338 g/mol. The minimum atomic E-state index is -0.200. The molecule has 86 valence electrons. The summed E-state index contributed by atoms with van der Waals surface area (Å²) in [6.45, 7) is 0. The molecule has 0 atom stereocenters. The Bertz CT molecular complexity index is 646. The molecule has 1 N–H and O–H groups in total. The van der Waals surface area contributed by atoms with Gasteiger partial charge in [0.1, 0.15) is 0 Å². The van der Waals surface area contributed by atoms with E-state index in [0.717, 1.165) is 10.9 Å². The van der Waals surface area contributed by atoms with Crippen LogP contribution in [0.15, 0.2) is 54.7 Å². The summed E-state index contributed by atoms with van der Waals surface area (Å²) in [5.41, 5.74) is 0.885. The van der Waals surface area contributed by atoms with E-state index in [2.05, 4.69) is 29.2 Å². The van der Waals surface area contributed by atoms with Crippen molar-refractivity contribution in [3.8, 4) is 0 Å². The molecule has 0 radical (unpaired) electrons. The first kappa shape index (κ1) is 10.8. The number of fused-ring (bicyclic) bond motifs is 1. The monoisotopic (exact) mass is 338 g/mol. The second kappa shape index (κ2) is 4.49. The number of aromatic nitrogens is 1. The zero-order chi connectivity index (χ0) is 11.7. The van der Waals surface area contributed by atoms with Gasteiger partial charge in [-0.1, -0.05) is 0 Å². The molecule has 0 saturated carbocycles. The van der Waals surface area contributed by atoms with Gasteiger partial charge in [0, 0.05) is 0 Å². The molecule has 0 saturated heterocycles. The summed E-state index contributed by atoms with van der Waals surface area (Å²) in [5, 5.41) is 1.14. The quantitative estimate of drug-likeness (QED) is 0.653. The van der Waals surface area contributed by atoms with E-state index in [9.17, 15) is 4.39 Å². The zero-order valence-electron chi connectivity index (χ0n) is 8.95. The van der Waals surface area contributed by atoms with Gasteiger partial charge in [0.05, 0.1) is 0 Å². The van der Waals surface area contributed by atoms with Gasteiger partial charge in [0.25, 0.3) is 0 Å². The van der Waals surface area contributed by atoms with Crippen LogP contribution < -0.4 is 21.2 Å². The van der Waals surface area contributed by atoms with Crippen molar-refractivity contribution in [2.45, 2.75) is 0 Å². The predicted molar refractivity (Wildman–Crippen MR) is 62.1 cm³/mol. The summed E-state index contributed by atoms with van der Waals surface area (Å²) < 4.78 is 15.7. The number of H-pyrrole nitrogens is 1. The molecule has 0 aliphatic carbocycles. The number of hydrogen-bond acceptors (Lipinski definition) is 0. The molecule has 0 unspecified atom stereocenters. The molecule has 2 aromatic carbocycles. The van der Waals surface area contributed by atoms with E-state index in [1.54, 1.807) is 6.07 Å². The van der Waals surface area contributed by atoms with E-state index >= 15 is 0 Å². The Hall–Kier alpha value is -1.36. The van der Waals surface area contributed by atoms with E-state index in [-0.39, 0.29) is 27.0 Å². The van der Waals surface area contributed by atoms with Crippen LogP contribution in [0.2, 0.25) is 0 Å². The van der Waals surface area contributed by atoms with Crippen molar-refractivity contribution in [3.63, 3.8) is 0 Å². The molecule has 0 aliphatic rings. The molecule has 1 heterocycles. The van der Waals surface area contributed by atoms with Gasteiger partial charge in [0.2, 0.25) is 0 Å². The first-order valence-electron chi connectivity index (χ1n) is 5.29. The van der Waals surface area contributed by atoms with Gasteiger partial charge in [0.15, 0.2) is 0 Å². The summed E-state index contributed by atoms with van der Waals surface area (Å²) in [5.74, 6) is -0.191. The number of nitrogens with one attached hydrogen (secondary N) is 1. The van der Waals surface area contributed by atoms with Gasteiger partial charge in [-0.25, -0.2) is 0 Å². The molecule has 17 heavy (non-hydrogen) atoms. The third-order valence-electron chi connectivity index (χ3n) is 2.54. The summed E-state index contributed by atoms with van der Waals surface area (Å²) in [7, 11) is 0. The molecule has 3 heteroatoms. The van der Waals surface area contributed by atoms with Crippen LogP contribution in [0.1, 0.15) is 0 Å². The molecular formula is C14H10FIN-. The van der Waals surface area contributed by atoms with Crippen LogP contribution >= 0.6 is 0 Å². The summed E-state index contributed by atoms with van der Waals surface area (Å²) in [6, 6.07) is 15.4. The number of halogens is 2. The molecule has 0 bridgehead atoms. The number of hydrogen-bond donors (Lipinski definition) is 1. The maximum absolute atomic E-state index is 13.1. The van der Waals surface area contributed by atoms with Gasteiger partial charge >= 0.3 is 109 Å².